The van der Waals surface area contributed by atoms with E-state index in [0.717, 1.165) is 24.1 Å². The Morgan fingerprint density at radius 1 is 1.55 bits per heavy atom. The highest BCUT2D eigenvalue weighted by Gasteiger charge is 2.12. The van der Waals surface area contributed by atoms with Gasteiger partial charge >= 0.3 is 5.97 Å². The molecule has 0 aliphatic heterocycles. The molecule has 2 heterocycles. The molecular weight excluding hydrogens is 296 g/mol. The number of aromatic nitrogens is 2. The number of H-pyrrole nitrogens is 1. The van der Waals surface area contributed by atoms with Crippen LogP contribution >= 0.6 is 23.1 Å². The molecule has 0 amide bonds. The molecule has 0 radical (unpaired) electrons. The van der Waals surface area contributed by atoms with Gasteiger partial charge in [0, 0.05) is 17.5 Å². The highest BCUT2D eigenvalue weighted by Crippen LogP contribution is 2.24. The molecule has 106 valence electrons. The van der Waals surface area contributed by atoms with Crippen LogP contribution in [0.15, 0.2) is 27.5 Å². The van der Waals surface area contributed by atoms with Gasteiger partial charge in [-0.05, 0) is 23.4 Å². The monoisotopic (exact) mass is 310 g/mol. The maximum absolute atomic E-state index is 11.5. The lowest BCUT2D eigenvalue weighted by Crippen LogP contribution is -2.10. The topological polar surface area (TPSA) is 83.0 Å². The molecule has 0 fully saturated rings. The number of thioether (sulfide) groups is 1. The fourth-order valence-corrected chi connectivity index (χ4v) is 3.46. The smallest absolute Gasteiger partial charge is 0.346 e. The normalized spacial score (nSPS) is 10.7. The second-order valence-corrected chi connectivity index (χ2v) is 6.04. The van der Waals surface area contributed by atoms with Gasteiger partial charge in [0.2, 0.25) is 0 Å². The third kappa shape index (κ3) is 3.71. The van der Waals surface area contributed by atoms with E-state index < -0.39 is 5.97 Å². The van der Waals surface area contributed by atoms with Crippen LogP contribution in [0.2, 0.25) is 0 Å². The van der Waals surface area contributed by atoms with Gasteiger partial charge < -0.3 is 10.1 Å². The third-order valence-corrected chi connectivity index (χ3v) is 4.45. The molecule has 0 aliphatic rings. The number of aryl methyl sites for hydroxylation is 1. The minimum absolute atomic E-state index is 0.172. The standard InChI is InChI=1S/C13H14N2O3S2/c1-2-3-9-6-10(16)15-13(14-9)20-7-8-4-5-19-11(8)12(17)18/h4-6H,2-3,7H2,1H3,(H,17,18)(H,14,15,16). The summed E-state index contributed by atoms with van der Waals surface area (Å²) in [5.41, 5.74) is 1.34. The van der Waals surface area contributed by atoms with Gasteiger partial charge in [-0.15, -0.1) is 11.3 Å². The SMILES string of the molecule is CCCc1cc(=O)[nH]c(SCc2ccsc2C(=O)O)n1. The van der Waals surface area contributed by atoms with Crippen LogP contribution in [0.25, 0.3) is 0 Å². The second-order valence-electron chi connectivity index (χ2n) is 4.16. The van der Waals surface area contributed by atoms with Crippen LogP contribution in [0.3, 0.4) is 0 Å². The lowest BCUT2D eigenvalue weighted by Gasteiger charge is -2.03. The zero-order valence-corrected chi connectivity index (χ0v) is 12.5. The van der Waals surface area contributed by atoms with E-state index in [1.165, 1.54) is 29.2 Å². The molecule has 2 aromatic heterocycles. The molecule has 20 heavy (non-hydrogen) atoms. The molecule has 0 saturated heterocycles. The average molecular weight is 310 g/mol. The molecule has 0 spiro atoms. The summed E-state index contributed by atoms with van der Waals surface area (Å²) < 4.78 is 0. The van der Waals surface area contributed by atoms with Gasteiger partial charge in [0.25, 0.3) is 5.56 Å². The van der Waals surface area contributed by atoms with E-state index in [0.29, 0.717) is 15.8 Å². The van der Waals surface area contributed by atoms with Gasteiger partial charge in [-0.25, -0.2) is 9.78 Å². The molecule has 0 saturated carbocycles. The first-order valence-electron chi connectivity index (χ1n) is 6.13. The predicted molar refractivity (Wildman–Crippen MR) is 79.7 cm³/mol. The first-order valence-corrected chi connectivity index (χ1v) is 7.99. The number of aromatic amines is 1. The van der Waals surface area contributed by atoms with Crippen molar-refractivity contribution >= 4 is 29.1 Å². The number of hydrogen-bond donors (Lipinski definition) is 2. The number of nitrogens with one attached hydrogen (secondary N) is 1. The van der Waals surface area contributed by atoms with Crippen molar-refractivity contribution < 1.29 is 9.90 Å². The van der Waals surface area contributed by atoms with Gasteiger partial charge in [0.15, 0.2) is 5.16 Å². The van der Waals surface area contributed by atoms with Crippen molar-refractivity contribution in [1.82, 2.24) is 9.97 Å². The number of nitrogens with zero attached hydrogens (tertiary/aromatic N) is 1. The molecule has 0 unspecified atom stereocenters. The van der Waals surface area contributed by atoms with Crippen molar-refractivity contribution in [3.05, 3.63) is 44.0 Å². The van der Waals surface area contributed by atoms with Crippen LogP contribution in [-0.4, -0.2) is 21.0 Å². The van der Waals surface area contributed by atoms with Crippen molar-refractivity contribution in [3.8, 4) is 0 Å². The van der Waals surface area contributed by atoms with Crippen LogP contribution in [0.1, 0.15) is 34.3 Å². The lowest BCUT2D eigenvalue weighted by atomic mass is 10.2. The molecule has 7 heteroatoms. The number of rotatable bonds is 6. The number of carbonyl (C=O) groups is 1. The number of hydrogen-bond acceptors (Lipinski definition) is 5. The van der Waals surface area contributed by atoms with Crippen LogP contribution in [-0.2, 0) is 12.2 Å². The summed E-state index contributed by atoms with van der Waals surface area (Å²) in [5, 5.41) is 11.3. The number of carboxylic acid groups (broad SMARTS) is 1. The molecular formula is C13H14N2O3S2. The average Bonchev–Trinajstić information content (AvgIpc) is 2.84. The van der Waals surface area contributed by atoms with E-state index in [-0.39, 0.29) is 5.56 Å². The number of thiophene rings is 1. The summed E-state index contributed by atoms with van der Waals surface area (Å²) in [6, 6.07) is 3.29. The maximum Gasteiger partial charge on any atom is 0.346 e. The summed E-state index contributed by atoms with van der Waals surface area (Å²) in [4.78, 5) is 29.9. The molecule has 0 bridgehead atoms. The van der Waals surface area contributed by atoms with E-state index in [9.17, 15) is 9.59 Å². The Labute approximate surface area is 124 Å². The Kier molecular flexibility index (Phi) is 4.97. The van der Waals surface area contributed by atoms with Crippen molar-refractivity contribution in [2.45, 2.75) is 30.7 Å². The van der Waals surface area contributed by atoms with Crippen LogP contribution in [0.4, 0.5) is 0 Å². The highest BCUT2D eigenvalue weighted by molar-refractivity contribution is 7.98. The van der Waals surface area contributed by atoms with E-state index in [1.54, 1.807) is 11.4 Å². The third-order valence-electron chi connectivity index (χ3n) is 2.58. The summed E-state index contributed by atoms with van der Waals surface area (Å²) in [6.07, 6.45) is 1.69. The molecule has 2 rings (SSSR count). The molecule has 0 aromatic carbocycles. The summed E-state index contributed by atoms with van der Waals surface area (Å²) >= 11 is 2.54. The maximum atomic E-state index is 11.5. The van der Waals surface area contributed by atoms with E-state index in [4.69, 9.17) is 5.11 Å². The van der Waals surface area contributed by atoms with Crippen molar-refractivity contribution in [3.63, 3.8) is 0 Å². The van der Waals surface area contributed by atoms with Crippen LogP contribution < -0.4 is 5.56 Å². The van der Waals surface area contributed by atoms with Gasteiger partial charge in [-0.1, -0.05) is 25.1 Å². The van der Waals surface area contributed by atoms with Gasteiger partial charge in [-0.2, -0.15) is 0 Å². The largest absolute Gasteiger partial charge is 0.477 e. The minimum atomic E-state index is -0.920. The predicted octanol–water partition coefficient (Wildman–Crippen LogP) is 2.77. The van der Waals surface area contributed by atoms with Crippen molar-refractivity contribution in [1.29, 1.82) is 0 Å². The van der Waals surface area contributed by atoms with Gasteiger partial charge in [0.1, 0.15) is 4.88 Å². The summed E-state index contributed by atoms with van der Waals surface area (Å²) in [7, 11) is 0. The first kappa shape index (κ1) is 14.8. The summed E-state index contributed by atoms with van der Waals surface area (Å²) in [5.74, 6) is -0.444. The number of carboxylic acids is 1. The van der Waals surface area contributed by atoms with Crippen molar-refractivity contribution in [2.24, 2.45) is 0 Å². The van der Waals surface area contributed by atoms with E-state index in [2.05, 4.69) is 9.97 Å². The Balaban J connectivity index is 2.12. The van der Waals surface area contributed by atoms with Gasteiger partial charge in [0.05, 0.1) is 0 Å². The fraction of sp³-hybridized carbons (Fsp3) is 0.308. The summed E-state index contributed by atoms with van der Waals surface area (Å²) in [6.45, 7) is 2.03. The Morgan fingerprint density at radius 3 is 3.05 bits per heavy atom. The quantitative estimate of drug-likeness (QED) is 0.633. The Morgan fingerprint density at radius 2 is 2.35 bits per heavy atom. The zero-order chi connectivity index (χ0) is 14.5. The number of aromatic carboxylic acids is 1. The molecule has 2 aromatic rings. The molecule has 0 atom stereocenters. The highest BCUT2D eigenvalue weighted by atomic mass is 32.2. The fourth-order valence-electron chi connectivity index (χ4n) is 1.72. The molecule has 0 aliphatic carbocycles. The molecule has 2 N–H and O–H groups in total. The van der Waals surface area contributed by atoms with E-state index in [1.807, 2.05) is 6.92 Å². The zero-order valence-electron chi connectivity index (χ0n) is 10.9. The minimum Gasteiger partial charge on any atom is -0.477 e. The van der Waals surface area contributed by atoms with Crippen LogP contribution in [0, 0.1) is 0 Å². The van der Waals surface area contributed by atoms with Crippen molar-refractivity contribution in [2.75, 3.05) is 0 Å². The molecule has 5 nitrogen and oxygen atoms in total. The van der Waals surface area contributed by atoms with E-state index >= 15 is 0 Å². The van der Waals surface area contributed by atoms with Crippen LogP contribution in [0.5, 0.6) is 0 Å². The Hall–Kier alpha value is -1.60. The lowest BCUT2D eigenvalue weighted by molar-refractivity contribution is 0.0701. The first-order chi connectivity index (χ1) is 9.60. The second kappa shape index (κ2) is 6.71. The Bertz CT molecular complexity index is 664. The van der Waals surface area contributed by atoms with Gasteiger partial charge in [-0.3, -0.25) is 4.79 Å².